The van der Waals surface area contributed by atoms with Crippen molar-refractivity contribution < 1.29 is 9.53 Å². The summed E-state index contributed by atoms with van der Waals surface area (Å²) >= 11 is 5.14. The largest absolute Gasteiger partial charge is 0.466 e. The van der Waals surface area contributed by atoms with Crippen LogP contribution in [0.2, 0.25) is 0 Å². The first kappa shape index (κ1) is 8.24. The van der Waals surface area contributed by atoms with Crippen LogP contribution >= 0.6 is 11.6 Å². The van der Waals surface area contributed by atoms with Crippen LogP contribution < -0.4 is 0 Å². The molecule has 0 bridgehead atoms. The zero-order valence-corrected chi connectivity index (χ0v) is 5.76. The molecule has 0 N–H and O–H groups in total. The van der Waals surface area contributed by atoms with E-state index in [-0.39, 0.29) is 5.97 Å². The van der Waals surface area contributed by atoms with Gasteiger partial charge in [0.1, 0.15) is 0 Å². The van der Waals surface area contributed by atoms with Gasteiger partial charge in [0, 0.05) is 11.6 Å². The highest BCUT2D eigenvalue weighted by molar-refractivity contribution is 6.25. The number of hydrogen-bond donors (Lipinski definition) is 0. The molecule has 2 nitrogen and oxygen atoms in total. The number of carbonyl (C=O) groups is 1. The average Bonchev–Trinajstić information content (AvgIpc) is 1.89. The van der Waals surface area contributed by atoms with Gasteiger partial charge in [-0.15, -0.1) is 0 Å². The maximum atomic E-state index is 10.3. The third-order valence-electron chi connectivity index (χ3n) is 0.617. The van der Waals surface area contributed by atoms with Crippen molar-refractivity contribution in [3.63, 3.8) is 0 Å². The molecule has 0 aromatic heterocycles. The molecule has 0 unspecified atom stereocenters. The number of methoxy groups -OCH3 is 1. The van der Waals surface area contributed by atoms with Gasteiger partial charge in [-0.1, -0.05) is 23.8 Å². The molecule has 0 aliphatic heterocycles. The van der Waals surface area contributed by atoms with Gasteiger partial charge in [0.15, 0.2) is 0 Å². The summed E-state index contributed by atoms with van der Waals surface area (Å²) in [6.45, 7) is 0. The molecule has 9 heavy (non-hydrogen) atoms. The SMILES string of the molecule is COC(=O)/C=C/C=C/Cl. The molecule has 0 saturated carbocycles. The van der Waals surface area contributed by atoms with Crippen LogP contribution in [0.15, 0.2) is 23.8 Å². The van der Waals surface area contributed by atoms with Crippen molar-refractivity contribution in [3.8, 4) is 0 Å². The van der Waals surface area contributed by atoms with Gasteiger partial charge in [-0.05, 0) is 0 Å². The number of ether oxygens (including phenoxy) is 1. The predicted octanol–water partition coefficient (Wildman–Crippen LogP) is 1.47. The third kappa shape index (κ3) is 5.11. The fourth-order valence-electron chi connectivity index (χ4n) is 0.244. The lowest BCUT2D eigenvalue weighted by Gasteiger charge is -1.85. The smallest absolute Gasteiger partial charge is 0.330 e. The minimum atomic E-state index is -0.384. The Labute approximate surface area is 58.8 Å². The van der Waals surface area contributed by atoms with Crippen LogP contribution in [0.1, 0.15) is 0 Å². The van der Waals surface area contributed by atoms with Crippen LogP contribution in [0.4, 0.5) is 0 Å². The molecule has 0 saturated heterocycles. The Kier molecular flexibility index (Phi) is 4.92. The van der Waals surface area contributed by atoms with Crippen LogP contribution in [0.25, 0.3) is 0 Å². The van der Waals surface area contributed by atoms with Crippen molar-refractivity contribution in [2.45, 2.75) is 0 Å². The number of rotatable bonds is 2. The lowest BCUT2D eigenvalue weighted by atomic mass is 10.5. The number of halogens is 1. The van der Waals surface area contributed by atoms with Gasteiger partial charge in [0.05, 0.1) is 7.11 Å². The first-order valence-electron chi connectivity index (χ1n) is 2.32. The Hall–Kier alpha value is -0.760. The molecule has 0 spiro atoms. The fourth-order valence-corrected chi connectivity index (χ4v) is 0.328. The number of carbonyl (C=O) groups excluding carboxylic acids is 1. The Balaban J connectivity index is 3.57. The quantitative estimate of drug-likeness (QED) is 0.335. The van der Waals surface area contributed by atoms with E-state index in [2.05, 4.69) is 4.74 Å². The number of esters is 1. The van der Waals surface area contributed by atoms with E-state index in [1.165, 1.54) is 30.9 Å². The van der Waals surface area contributed by atoms with Crippen LogP contribution in [0, 0.1) is 0 Å². The molecule has 0 aromatic rings. The van der Waals surface area contributed by atoms with Crippen LogP contribution in [-0.2, 0) is 9.53 Å². The minimum absolute atomic E-state index is 0.384. The van der Waals surface area contributed by atoms with E-state index in [4.69, 9.17) is 11.6 Å². The average molecular weight is 147 g/mol. The third-order valence-corrected chi connectivity index (χ3v) is 0.763. The summed E-state index contributed by atoms with van der Waals surface area (Å²) in [5.74, 6) is -0.384. The van der Waals surface area contributed by atoms with E-state index in [1.54, 1.807) is 0 Å². The highest BCUT2D eigenvalue weighted by atomic mass is 35.5. The lowest BCUT2D eigenvalue weighted by Crippen LogP contribution is -1.92. The molecule has 50 valence electrons. The normalized spacial score (nSPS) is 10.9. The van der Waals surface area contributed by atoms with E-state index < -0.39 is 0 Å². The Morgan fingerprint density at radius 2 is 2.22 bits per heavy atom. The van der Waals surface area contributed by atoms with Gasteiger partial charge in [-0.3, -0.25) is 0 Å². The molecular formula is C6H7ClO2. The van der Waals surface area contributed by atoms with Gasteiger partial charge < -0.3 is 4.74 Å². The molecule has 0 aromatic carbocycles. The van der Waals surface area contributed by atoms with Crippen LogP contribution in [0.5, 0.6) is 0 Å². The van der Waals surface area contributed by atoms with Gasteiger partial charge in [-0.25, -0.2) is 4.79 Å². The van der Waals surface area contributed by atoms with Crippen molar-refractivity contribution in [1.82, 2.24) is 0 Å². The maximum Gasteiger partial charge on any atom is 0.330 e. The van der Waals surface area contributed by atoms with Crippen LogP contribution in [-0.4, -0.2) is 13.1 Å². The fraction of sp³-hybridized carbons (Fsp3) is 0.167. The summed E-state index contributed by atoms with van der Waals surface area (Å²) in [5.41, 5.74) is 1.31. The molecule has 0 heterocycles. The van der Waals surface area contributed by atoms with Crippen molar-refractivity contribution in [2.24, 2.45) is 0 Å². The van der Waals surface area contributed by atoms with Crippen molar-refractivity contribution in [2.75, 3.05) is 7.11 Å². The molecular weight excluding hydrogens is 140 g/mol. The number of hydrogen-bond acceptors (Lipinski definition) is 2. The van der Waals surface area contributed by atoms with Gasteiger partial charge in [0.2, 0.25) is 0 Å². The summed E-state index contributed by atoms with van der Waals surface area (Å²) in [6, 6.07) is 0. The monoisotopic (exact) mass is 146 g/mol. The van der Waals surface area contributed by atoms with E-state index in [9.17, 15) is 4.79 Å². The first-order valence-corrected chi connectivity index (χ1v) is 2.76. The molecule has 0 fully saturated rings. The first-order chi connectivity index (χ1) is 4.31. The van der Waals surface area contributed by atoms with Gasteiger partial charge in [-0.2, -0.15) is 0 Å². The van der Waals surface area contributed by atoms with Gasteiger partial charge >= 0.3 is 5.97 Å². The summed E-state index contributed by atoms with van der Waals surface area (Å²) in [6.07, 6.45) is 4.30. The van der Waals surface area contributed by atoms with Crippen molar-refractivity contribution in [1.29, 1.82) is 0 Å². The minimum Gasteiger partial charge on any atom is -0.466 e. The van der Waals surface area contributed by atoms with E-state index in [0.29, 0.717) is 0 Å². The second kappa shape index (κ2) is 5.38. The Morgan fingerprint density at radius 1 is 1.56 bits per heavy atom. The Morgan fingerprint density at radius 3 is 2.67 bits per heavy atom. The van der Waals surface area contributed by atoms with Gasteiger partial charge in [0.25, 0.3) is 0 Å². The van der Waals surface area contributed by atoms with Crippen molar-refractivity contribution >= 4 is 17.6 Å². The topological polar surface area (TPSA) is 26.3 Å². The molecule has 3 heteroatoms. The molecule has 0 radical (unpaired) electrons. The summed E-state index contributed by atoms with van der Waals surface area (Å²) in [7, 11) is 1.32. The molecule has 0 aliphatic rings. The van der Waals surface area contributed by atoms with E-state index >= 15 is 0 Å². The summed E-state index contributed by atoms with van der Waals surface area (Å²) < 4.78 is 4.29. The van der Waals surface area contributed by atoms with Crippen molar-refractivity contribution in [3.05, 3.63) is 23.8 Å². The highest BCUT2D eigenvalue weighted by Gasteiger charge is 1.85. The zero-order valence-electron chi connectivity index (χ0n) is 5.00. The van der Waals surface area contributed by atoms with Crippen LogP contribution in [0.3, 0.4) is 0 Å². The lowest BCUT2D eigenvalue weighted by molar-refractivity contribution is -0.134. The predicted molar refractivity (Wildman–Crippen MR) is 36.1 cm³/mol. The second-order valence-corrected chi connectivity index (χ2v) is 1.45. The summed E-state index contributed by atoms with van der Waals surface area (Å²) in [4.78, 5) is 10.3. The Bertz CT molecular complexity index is 138. The zero-order chi connectivity index (χ0) is 7.11. The molecule has 0 aliphatic carbocycles. The standard InChI is InChI=1S/C6H7ClO2/c1-9-6(8)4-2-3-5-7/h2-5H,1H3/b4-2+,5-3+. The van der Waals surface area contributed by atoms with E-state index in [1.807, 2.05) is 0 Å². The van der Waals surface area contributed by atoms with E-state index in [0.717, 1.165) is 0 Å². The molecule has 0 atom stereocenters. The molecule has 0 amide bonds. The second-order valence-electron chi connectivity index (χ2n) is 1.20. The summed E-state index contributed by atoms with van der Waals surface area (Å²) in [5, 5.41) is 0. The molecule has 0 rings (SSSR count). The number of allylic oxidation sites excluding steroid dienone is 2. The highest BCUT2D eigenvalue weighted by Crippen LogP contribution is 1.82. The maximum absolute atomic E-state index is 10.3.